The molecule has 266 valence electrons. The molecule has 7 rings (SSSR count). The van der Waals surface area contributed by atoms with E-state index in [0.29, 0.717) is 11.7 Å². The largest absolute Gasteiger partial charge is 0.481 e. The number of amides is 2. The van der Waals surface area contributed by atoms with Crippen LogP contribution >= 0.6 is 0 Å². The molecule has 1 aromatic carbocycles. The molecule has 2 amide bonds. The summed E-state index contributed by atoms with van der Waals surface area (Å²) >= 11 is 0. The number of carbonyl (C=O) groups excluding carboxylic acids is 2. The number of aromatic nitrogens is 3. The van der Waals surface area contributed by atoms with Gasteiger partial charge < -0.3 is 20.2 Å². The maximum absolute atomic E-state index is 13.4. The number of rotatable bonds is 10. The molecule has 50 heavy (non-hydrogen) atoms. The van der Waals surface area contributed by atoms with E-state index in [1.807, 2.05) is 42.7 Å². The molecule has 1 unspecified atom stereocenters. The maximum Gasteiger partial charge on any atom is 0.310 e. The van der Waals surface area contributed by atoms with Crippen LogP contribution in [0.1, 0.15) is 106 Å². The maximum atomic E-state index is 13.4. The molecule has 4 fully saturated rings. The average Bonchev–Trinajstić information content (AvgIpc) is 3.98. The topological polar surface area (TPSA) is 129 Å². The molecule has 10 heteroatoms. The van der Waals surface area contributed by atoms with Gasteiger partial charge in [-0.2, -0.15) is 0 Å². The zero-order valence-electron chi connectivity index (χ0n) is 29.6. The predicted molar refractivity (Wildman–Crippen MR) is 194 cm³/mol. The standard InChI is InChI=1S/C37H44N6O4.C3H8/c44-35(32-13-12-29(19-38-32)26-10-11-26)41-33(36(45)43-22-30(23-43)37(46)47)18-24-6-8-28(9-7-24)34-39-20-31(21-40-34)42-16-14-27(15-17-42)25-4-2-1-3-5-25;1-3-2/h6-9,12-13,19-21,25-27,30,33H,1-5,10-11,14-18,22-23H2,(H,41,44)(H,46,47);3H2,1-2H3. The third-order valence-corrected chi connectivity index (χ3v) is 10.7. The highest BCUT2D eigenvalue weighted by atomic mass is 16.4. The van der Waals surface area contributed by atoms with Crippen molar-refractivity contribution in [3.8, 4) is 11.4 Å². The molecule has 2 aromatic heterocycles. The lowest BCUT2D eigenvalue weighted by molar-refractivity contribution is -0.153. The number of piperidine rings is 1. The SMILES string of the molecule is CCC.O=C(NC(Cc1ccc(-c2ncc(N3CCC(C4CCCCC4)CC3)cn2)cc1)C(=O)N1CC(C(=O)O)C1)c1ccc(C2CC2)cn1. The van der Waals surface area contributed by atoms with Gasteiger partial charge in [-0.05, 0) is 60.6 Å². The van der Waals surface area contributed by atoms with Gasteiger partial charge >= 0.3 is 5.97 Å². The number of aliphatic carboxylic acids is 1. The van der Waals surface area contributed by atoms with Gasteiger partial charge in [0.15, 0.2) is 5.82 Å². The highest BCUT2D eigenvalue weighted by Gasteiger charge is 2.39. The Hall–Kier alpha value is -4.34. The third kappa shape index (κ3) is 8.87. The molecule has 2 saturated heterocycles. The molecular weight excluding hydrogens is 628 g/mol. The minimum atomic E-state index is -0.917. The van der Waals surface area contributed by atoms with Gasteiger partial charge in [-0.3, -0.25) is 19.4 Å². The number of benzene rings is 1. The minimum absolute atomic E-state index is 0.139. The molecule has 0 radical (unpaired) electrons. The lowest BCUT2D eigenvalue weighted by atomic mass is 9.76. The smallest absolute Gasteiger partial charge is 0.310 e. The first-order valence-corrected chi connectivity index (χ1v) is 18.8. The van der Waals surface area contributed by atoms with Crippen molar-refractivity contribution in [1.82, 2.24) is 25.2 Å². The first kappa shape index (κ1) is 35.5. The number of pyridine rings is 1. The normalized spacial score (nSPS) is 19.2. The summed E-state index contributed by atoms with van der Waals surface area (Å²) in [6.45, 7) is 6.65. The number of hydrogen-bond acceptors (Lipinski definition) is 7. The number of likely N-dealkylation sites (tertiary alicyclic amines) is 1. The Morgan fingerprint density at radius 3 is 2.04 bits per heavy atom. The lowest BCUT2D eigenvalue weighted by Crippen LogP contribution is -2.59. The van der Waals surface area contributed by atoms with Crippen LogP contribution < -0.4 is 10.2 Å². The molecule has 10 nitrogen and oxygen atoms in total. The Kier molecular flexibility index (Phi) is 11.8. The van der Waals surface area contributed by atoms with Crippen molar-refractivity contribution in [3.05, 3.63) is 71.8 Å². The highest BCUT2D eigenvalue weighted by molar-refractivity contribution is 5.96. The van der Waals surface area contributed by atoms with E-state index < -0.39 is 23.8 Å². The number of hydrogen-bond donors (Lipinski definition) is 2. The van der Waals surface area contributed by atoms with E-state index in [4.69, 9.17) is 0 Å². The molecule has 0 bridgehead atoms. The monoisotopic (exact) mass is 680 g/mol. The second kappa shape index (κ2) is 16.6. The van der Waals surface area contributed by atoms with Gasteiger partial charge in [-0.1, -0.05) is 82.7 Å². The van der Waals surface area contributed by atoms with Crippen LogP contribution in [0.4, 0.5) is 5.69 Å². The van der Waals surface area contributed by atoms with Crippen molar-refractivity contribution < 1.29 is 19.5 Å². The van der Waals surface area contributed by atoms with Crippen LogP contribution in [0.3, 0.4) is 0 Å². The summed E-state index contributed by atoms with van der Waals surface area (Å²) in [5, 5.41) is 12.2. The quantitative estimate of drug-likeness (QED) is 0.248. The van der Waals surface area contributed by atoms with Crippen LogP contribution in [0.15, 0.2) is 55.0 Å². The first-order chi connectivity index (χ1) is 24.3. The summed E-state index contributed by atoms with van der Waals surface area (Å²) in [4.78, 5) is 55.6. The second-order valence-electron chi connectivity index (χ2n) is 14.7. The third-order valence-electron chi connectivity index (χ3n) is 10.7. The van der Waals surface area contributed by atoms with Gasteiger partial charge in [0, 0.05) is 44.4 Å². The Morgan fingerprint density at radius 2 is 1.46 bits per heavy atom. The summed E-state index contributed by atoms with van der Waals surface area (Å²) in [6.07, 6.45) is 18.9. The second-order valence-corrected chi connectivity index (χ2v) is 14.7. The Balaban J connectivity index is 0.00000139. The Labute approximate surface area is 296 Å². The zero-order valence-corrected chi connectivity index (χ0v) is 29.6. The highest BCUT2D eigenvalue weighted by Crippen LogP contribution is 2.39. The van der Waals surface area contributed by atoms with E-state index in [-0.39, 0.29) is 31.1 Å². The summed E-state index contributed by atoms with van der Waals surface area (Å²) in [5.41, 5.74) is 4.18. The lowest BCUT2D eigenvalue weighted by Gasteiger charge is -2.38. The molecule has 4 heterocycles. The van der Waals surface area contributed by atoms with Crippen LogP contribution in [0, 0.1) is 17.8 Å². The number of carboxylic acid groups (broad SMARTS) is 1. The number of carbonyl (C=O) groups is 3. The molecule has 0 spiro atoms. The van der Waals surface area contributed by atoms with E-state index in [9.17, 15) is 19.5 Å². The van der Waals surface area contributed by atoms with Gasteiger partial charge in [0.25, 0.3) is 5.91 Å². The van der Waals surface area contributed by atoms with Crippen molar-refractivity contribution in [2.75, 3.05) is 31.1 Å². The zero-order chi connectivity index (χ0) is 35.0. The van der Waals surface area contributed by atoms with E-state index in [1.165, 1.54) is 56.3 Å². The Bertz CT molecular complexity index is 1570. The van der Waals surface area contributed by atoms with Gasteiger partial charge in [0.1, 0.15) is 11.7 Å². The van der Waals surface area contributed by atoms with Crippen LogP contribution in [0.5, 0.6) is 0 Å². The van der Waals surface area contributed by atoms with Crippen molar-refractivity contribution in [2.45, 2.75) is 96.4 Å². The fourth-order valence-electron chi connectivity index (χ4n) is 7.56. The minimum Gasteiger partial charge on any atom is -0.481 e. The van der Waals surface area contributed by atoms with E-state index in [2.05, 4.69) is 39.0 Å². The van der Waals surface area contributed by atoms with Gasteiger partial charge in [0.05, 0.1) is 24.0 Å². The molecule has 2 aliphatic carbocycles. The van der Waals surface area contributed by atoms with Crippen LogP contribution in [-0.2, 0) is 16.0 Å². The van der Waals surface area contributed by atoms with E-state index in [0.717, 1.165) is 60.1 Å². The van der Waals surface area contributed by atoms with Crippen LogP contribution in [0.2, 0.25) is 0 Å². The van der Waals surface area contributed by atoms with Crippen molar-refractivity contribution >= 4 is 23.5 Å². The summed E-state index contributed by atoms with van der Waals surface area (Å²) in [6, 6.07) is 10.5. The molecular formula is C40H52N6O4. The number of nitrogens with zero attached hydrogens (tertiary/aromatic N) is 5. The van der Waals surface area contributed by atoms with Gasteiger partial charge in [-0.15, -0.1) is 0 Å². The fourth-order valence-corrected chi connectivity index (χ4v) is 7.56. The predicted octanol–water partition coefficient (Wildman–Crippen LogP) is 6.51. The molecule has 3 aromatic rings. The summed E-state index contributed by atoms with van der Waals surface area (Å²) in [7, 11) is 0. The fraction of sp³-hybridized carbons (Fsp3) is 0.550. The van der Waals surface area contributed by atoms with E-state index in [1.54, 1.807) is 12.3 Å². The van der Waals surface area contributed by atoms with E-state index >= 15 is 0 Å². The van der Waals surface area contributed by atoms with Crippen molar-refractivity contribution in [3.63, 3.8) is 0 Å². The Morgan fingerprint density at radius 1 is 0.820 bits per heavy atom. The average molecular weight is 681 g/mol. The van der Waals surface area contributed by atoms with Gasteiger partial charge in [-0.25, -0.2) is 9.97 Å². The molecule has 1 atom stereocenters. The number of nitrogens with one attached hydrogen (secondary N) is 1. The molecule has 2 aliphatic heterocycles. The summed E-state index contributed by atoms with van der Waals surface area (Å²) < 4.78 is 0. The number of carboxylic acids is 1. The summed E-state index contributed by atoms with van der Waals surface area (Å²) in [5.74, 6) is 0.724. The number of anilines is 1. The van der Waals surface area contributed by atoms with Crippen molar-refractivity contribution in [1.29, 1.82) is 0 Å². The molecule has 2 N–H and O–H groups in total. The van der Waals surface area contributed by atoms with Crippen molar-refractivity contribution in [2.24, 2.45) is 17.8 Å². The van der Waals surface area contributed by atoms with Crippen LogP contribution in [-0.4, -0.2) is 75.0 Å². The molecule has 2 saturated carbocycles. The molecule has 4 aliphatic rings. The van der Waals surface area contributed by atoms with Crippen LogP contribution in [0.25, 0.3) is 11.4 Å². The first-order valence-electron chi connectivity index (χ1n) is 18.8. The van der Waals surface area contributed by atoms with Gasteiger partial charge in [0.2, 0.25) is 5.91 Å².